The Morgan fingerprint density at radius 2 is 2.00 bits per heavy atom. The van der Waals surface area contributed by atoms with E-state index in [4.69, 9.17) is 11.6 Å². The molecule has 1 saturated heterocycles. The molecule has 1 aliphatic carbocycles. The van der Waals surface area contributed by atoms with Crippen LogP contribution >= 0.6 is 11.6 Å². The highest BCUT2D eigenvalue weighted by Gasteiger charge is 2.33. The second-order valence-corrected chi connectivity index (χ2v) is 9.20. The first-order valence-corrected chi connectivity index (χ1v) is 11.5. The Balaban J connectivity index is 1.44. The summed E-state index contributed by atoms with van der Waals surface area (Å²) in [5, 5.41) is 18.4. The molecule has 33 heavy (non-hydrogen) atoms. The number of amides is 3. The molecule has 3 atom stereocenters. The van der Waals surface area contributed by atoms with Crippen LogP contribution in [0.15, 0.2) is 18.2 Å². The summed E-state index contributed by atoms with van der Waals surface area (Å²) < 4.78 is 13.6. The standard InChI is InChI=1S/C23H25ClFN5O3/c24-17-8-14(25)9-18-16(17)10-20(29-18)23(33)30-19(6-12-3-4-12)22(32)28-15(11-26)7-13-2-1-5-27-21(13)31/h8-10,12-13,15,19,29H,1-7H2,(H,27,31)(H,28,32)(H,30,33). The molecule has 8 nitrogen and oxygen atoms in total. The maximum absolute atomic E-state index is 13.6. The van der Waals surface area contributed by atoms with Crippen molar-refractivity contribution in [2.75, 3.05) is 6.54 Å². The van der Waals surface area contributed by atoms with Gasteiger partial charge in [0, 0.05) is 17.8 Å². The van der Waals surface area contributed by atoms with Gasteiger partial charge in [0.1, 0.15) is 23.6 Å². The Morgan fingerprint density at radius 1 is 1.21 bits per heavy atom. The van der Waals surface area contributed by atoms with E-state index >= 15 is 0 Å². The summed E-state index contributed by atoms with van der Waals surface area (Å²) >= 11 is 6.06. The van der Waals surface area contributed by atoms with Crippen molar-refractivity contribution in [3.63, 3.8) is 0 Å². The van der Waals surface area contributed by atoms with E-state index in [0.717, 1.165) is 25.3 Å². The lowest BCUT2D eigenvalue weighted by Crippen LogP contribution is -2.50. The summed E-state index contributed by atoms with van der Waals surface area (Å²) in [6, 6.07) is 4.31. The molecule has 2 aromatic rings. The van der Waals surface area contributed by atoms with Crippen molar-refractivity contribution in [1.29, 1.82) is 5.26 Å². The van der Waals surface area contributed by atoms with Crippen molar-refractivity contribution in [3.05, 3.63) is 34.7 Å². The van der Waals surface area contributed by atoms with E-state index in [-0.39, 0.29) is 29.0 Å². The van der Waals surface area contributed by atoms with Gasteiger partial charge in [-0.2, -0.15) is 5.26 Å². The molecule has 2 heterocycles. The predicted octanol–water partition coefficient (Wildman–Crippen LogP) is 2.78. The van der Waals surface area contributed by atoms with Gasteiger partial charge in [0.2, 0.25) is 11.8 Å². The molecule has 4 rings (SSSR count). The zero-order valence-corrected chi connectivity index (χ0v) is 18.7. The van der Waals surface area contributed by atoms with Crippen LogP contribution in [0.4, 0.5) is 4.39 Å². The summed E-state index contributed by atoms with van der Waals surface area (Å²) in [4.78, 5) is 40.7. The smallest absolute Gasteiger partial charge is 0.268 e. The second-order valence-electron chi connectivity index (χ2n) is 8.79. The van der Waals surface area contributed by atoms with E-state index in [1.807, 2.05) is 0 Å². The highest BCUT2D eigenvalue weighted by atomic mass is 35.5. The van der Waals surface area contributed by atoms with E-state index in [1.165, 1.54) is 12.1 Å². The molecule has 0 spiro atoms. The molecule has 3 amide bonds. The molecule has 2 fully saturated rings. The van der Waals surface area contributed by atoms with Crippen molar-refractivity contribution in [2.45, 2.75) is 50.6 Å². The van der Waals surface area contributed by atoms with Gasteiger partial charge in [0.05, 0.1) is 16.6 Å². The summed E-state index contributed by atoms with van der Waals surface area (Å²) in [7, 11) is 0. The van der Waals surface area contributed by atoms with Crippen LogP contribution in [0.1, 0.15) is 49.0 Å². The Bertz CT molecular complexity index is 1120. The van der Waals surface area contributed by atoms with Crippen LogP contribution in [0, 0.1) is 29.0 Å². The van der Waals surface area contributed by atoms with E-state index in [9.17, 15) is 24.0 Å². The van der Waals surface area contributed by atoms with E-state index in [0.29, 0.717) is 36.2 Å². The summed E-state index contributed by atoms with van der Waals surface area (Å²) in [6.07, 6.45) is 4.14. The number of H-pyrrole nitrogens is 1. The molecular weight excluding hydrogens is 449 g/mol. The van der Waals surface area contributed by atoms with Crippen molar-refractivity contribution in [1.82, 2.24) is 20.9 Å². The van der Waals surface area contributed by atoms with Gasteiger partial charge in [-0.3, -0.25) is 14.4 Å². The van der Waals surface area contributed by atoms with Crippen molar-refractivity contribution in [2.24, 2.45) is 11.8 Å². The number of nitriles is 1. The quantitative estimate of drug-likeness (QED) is 0.470. The first-order chi connectivity index (χ1) is 15.8. The topological polar surface area (TPSA) is 127 Å². The third-order valence-corrected chi connectivity index (χ3v) is 6.49. The van der Waals surface area contributed by atoms with Gasteiger partial charge in [0.15, 0.2) is 0 Å². The monoisotopic (exact) mass is 473 g/mol. The fraction of sp³-hybridized carbons (Fsp3) is 0.478. The Kier molecular flexibility index (Phi) is 6.84. The number of carbonyl (C=O) groups excluding carboxylic acids is 3. The number of hydrogen-bond acceptors (Lipinski definition) is 4. The van der Waals surface area contributed by atoms with Crippen molar-refractivity contribution in [3.8, 4) is 6.07 Å². The van der Waals surface area contributed by atoms with E-state index in [1.54, 1.807) is 0 Å². The number of nitrogens with zero attached hydrogens (tertiary/aromatic N) is 1. The Hall–Kier alpha value is -3.12. The third-order valence-electron chi connectivity index (χ3n) is 6.18. The number of benzene rings is 1. The minimum atomic E-state index is -0.834. The number of fused-ring (bicyclic) bond motifs is 1. The summed E-state index contributed by atoms with van der Waals surface area (Å²) in [5.41, 5.74) is 0.533. The fourth-order valence-corrected chi connectivity index (χ4v) is 4.46. The molecule has 1 aromatic heterocycles. The van der Waals surface area contributed by atoms with Crippen LogP contribution in [0.5, 0.6) is 0 Å². The maximum atomic E-state index is 13.6. The molecule has 1 saturated carbocycles. The number of rotatable bonds is 8. The molecule has 4 N–H and O–H groups in total. The number of aromatic nitrogens is 1. The Labute approximate surface area is 195 Å². The molecule has 1 aliphatic heterocycles. The summed E-state index contributed by atoms with van der Waals surface area (Å²) in [5.74, 6) is -1.61. The molecule has 1 aromatic carbocycles. The average Bonchev–Trinajstić information content (AvgIpc) is 3.49. The van der Waals surface area contributed by atoms with Gasteiger partial charge >= 0.3 is 0 Å². The van der Waals surface area contributed by atoms with Gasteiger partial charge in [-0.25, -0.2) is 4.39 Å². The fourth-order valence-electron chi connectivity index (χ4n) is 4.20. The van der Waals surface area contributed by atoms with Gasteiger partial charge in [-0.1, -0.05) is 24.4 Å². The predicted molar refractivity (Wildman–Crippen MR) is 120 cm³/mol. The minimum absolute atomic E-state index is 0.104. The van der Waals surface area contributed by atoms with Crippen LogP contribution in [-0.4, -0.2) is 41.3 Å². The van der Waals surface area contributed by atoms with Crippen LogP contribution in [0.2, 0.25) is 5.02 Å². The van der Waals surface area contributed by atoms with Crippen LogP contribution in [-0.2, 0) is 9.59 Å². The van der Waals surface area contributed by atoms with Gasteiger partial charge < -0.3 is 20.9 Å². The molecule has 3 unspecified atom stereocenters. The highest BCUT2D eigenvalue weighted by molar-refractivity contribution is 6.35. The minimum Gasteiger partial charge on any atom is -0.356 e. The number of hydrogen-bond donors (Lipinski definition) is 4. The average molecular weight is 474 g/mol. The number of carbonyl (C=O) groups is 3. The van der Waals surface area contributed by atoms with Crippen LogP contribution < -0.4 is 16.0 Å². The molecule has 174 valence electrons. The zero-order valence-electron chi connectivity index (χ0n) is 17.9. The van der Waals surface area contributed by atoms with Gasteiger partial charge in [-0.05, 0) is 49.8 Å². The first-order valence-electron chi connectivity index (χ1n) is 11.1. The van der Waals surface area contributed by atoms with E-state index in [2.05, 4.69) is 27.0 Å². The van der Waals surface area contributed by atoms with Crippen molar-refractivity contribution >= 4 is 40.2 Å². The van der Waals surface area contributed by atoms with Gasteiger partial charge in [-0.15, -0.1) is 0 Å². The molecule has 2 aliphatic rings. The van der Waals surface area contributed by atoms with Crippen LogP contribution in [0.3, 0.4) is 0 Å². The number of nitrogens with one attached hydrogen (secondary N) is 4. The summed E-state index contributed by atoms with van der Waals surface area (Å²) in [6.45, 7) is 0.625. The lowest BCUT2D eigenvalue weighted by molar-refractivity contribution is -0.128. The second kappa shape index (κ2) is 9.79. The molecule has 10 heteroatoms. The largest absolute Gasteiger partial charge is 0.356 e. The highest BCUT2D eigenvalue weighted by Crippen LogP contribution is 2.34. The third kappa shape index (κ3) is 5.63. The Morgan fingerprint density at radius 3 is 2.70 bits per heavy atom. The SMILES string of the molecule is N#CC(CC1CCCNC1=O)NC(=O)C(CC1CC1)NC(=O)c1cc2c(Cl)cc(F)cc2[nH]1. The lowest BCUT2D eigenvalue weighted by Gasteiger charge is -2.25. The van der Waals surface area contributed by atoms with Gasteiger partial charge in [0.25, 0.3) is 5.91 Å². The number of aromatic amines is 1. The maximum Gasteiger partial charge on any atom is 0.268 e. The lowest BCUT2D eigenvalue weighted by atomic mass is 9.92. The number of halogens is 2. The first kappa shape index (κ1) is 23.1. The molecule has 0 bridgehead atoms. The normalized spacial score (nSPS) is 19.9. The molecule has 0 radical (unpaired) electrons. The van der Waals surface area contributed by atoms with Crippen molar-refractivity contribution < 1.29 is 18.8 Å². The van der Waals surface area contributed by atoms with E-state index < -0.39 is 29.7 Å². The van der Waals surface area contributed by atoms with Crippen LogP contribution in [0.25, 0.3) is 10.9 Å². The zero-order chi connectivity index (χ0) is 23.5. The molecular formula is C23H25ClFN5O3. The number of piperidine rings is 1.